The molecule has 15 heavy (non-hydrogen) atoms. The van der Waals surface area contributed by atoms with Gasteiger partial charge in [-0.05, 0) is 12.1 Å². The zero-order valence-corrected chi connectivity index (χ0v) is 7.54. The monoisotopic (exact) mass is 216 g/mol. The Morgan fingerprint density at radius 2 is 1.93 bits per heavy atom. The van der Waals surface area contributed by atoms with Gasteiger partial charge in [0.25, 0.3) is 5.78 Å². The first kappa shape index (κ1) is 11.3. The zero-order valence-electron chi connectivity index (χ0n) is 7.54. The molecule has 0 aliphatic rings. The standard InChI is InChI=1S/C10H7F3O2/c1-2-15-8-6-4-3-5-7(8)9(14)10(11,12)13/h2-6H,1H2. The molecule has 0 aliphatic carbocycles. The minimum atomic E-state index is -4.90. The van der Waals surface area contributed by atoms with Crippen molar-refractivity contribution < 1.29 is 22.7 Å². The number of hydrogen-bond acceptors (Lipinski definition) is 2. The molecule has 80 valence electrons. The Morgan fingerprint density at radius 1 is 1.33 bits per heavy atom. The van der Waals surface area contributed by atoms with Gasteiger partial charge in [0.1, 0.15) is 5.75 Å². The maximum Gasteiger partial charge on any atom is 0.455 e. The van der Waals surface area contributed by atoms with Crippen molar-refractivity contribution in [3.63, 3.8) is 0 Å². The highest BCUT2D eigenvalue weighted by molar-refractivity contribution is 6.02. The molecule has 0 saturated heterocycles. The SMILES string of the molecule is C=COc1ccccc1C(=O)C(F)(F)F. The summed E-state index contributed by atoms with van der Waals surface area (Å²) in [5.41, 5.74) is -0.523. The average Bonchev–Trinajstić information content (AvgIpc) is 2.17. The van der Waals surface area contributed by atoms with Gasteiger partial charge in [-0.1, -0.05) is 18.7 Å². The number of carbonyl (C=O) groups excluding carboxylic acids is 1. The van der Waals surface area contributed by atoms with Crippen molar-refractivity contribution in [1.29, 1.82) is 0 Å². The predicted molar refractivity (Wildman–Crippen MR) is 47.7 cm³/mol. The lowest BCUT2D eigenvalue weighted by molar-refractivity contribution is -0.0886. The molecule has 1 rings (SSSR count). The van der Waals surface area contributed by atoms with Crippen molar-refractivity contribution in [3.05, 3.63) is 42.7 Å². The van der Waals surface area contributed by atoms with E-state index in [0.29, 0.717) is 0 Å². The summed E-state index contributed by atoms with van der Waals surface area (Å²) in [5, 5.41) is 0. The van der Waals surface area contributed by atoms with Crippen LogP contribution in [-0.4, -0.2) is 12.0 Å². The molecule has 0 fully saturated rings. The number of hydrogen-bond donors (Lipinski definition) is 0. The van der Waals surface area contributed by atoms with Gasteiger partial charge in [0.2, 0.25) is 0 Å². The highest BCUT2D eigenvalue weighted by Gasteiger charge is 2.40. The van der Waals surface area contributed by atoms with Crippen LogP contribution in [0.4, 0.5) is 13.2 Å². The smallest absolute Gasteiger partial charge is 0.455 e. The van der Waals surface area contributed by atoms with Crippen LogP contribution in [0.2, 0.25) is 0 Å². The van der Waals surface area contributed by atoms with Crippen LogP contribution in [0.5, 0.6) is 5.75 Å². The molecule has 0 aromatic heterocycles. The van der Waals surface area contributed by atoms with E-state index in [2.05, 4.69) is 6.58 Å². The lowest BCUT2D eigenvalue weighted by Crippen LogP contribution is -2.23. The second-order valence-electron chi connectivity index (χ2n) is 2.61. The molecule has 0 N–H and O–H groups in total. The quantitative estimate of drug-likeness (QED) is 0.573. The fourth-order valence-electron chi connectivity index (χ4n) is 0.999. The number of ether oxygens (including phenoxy) is 1. The topological polar surface area (TPSA) is 26.3 Å². The van der Waals surface area contributed by atoms with Crippen LogP contribution < -0.4 is 4.74 Å². The van der Waals surface area contributed by atoms with Crippen LogP contribution >= 0.6 is 0 Å². The van der Waals surface area contributed by atoms with E-state index in [1.165, 1.54) is 18.2 Å². The summed E-state index contributed by atoms with van der Waals surface area (Å²) in [6.07, 6.45) is -3.94. The molecule has 2 nitrogen and oxygen atoms in total. The van der Waals surface area contributed by atoms with E-state index in [4.69, 9.17) is 4.74 Å². The molecule has 0 heterocycles. The van der Waals surface area contributed by atoms with Crippen molar-refractivity contribution in [2.75, 3.05) is 0 Å². The van der Waals surface area contributed by atoms with E-state index >= 15 is 0 Å². The summed E-state index contributed by atoms with van der Waals surface area (Å²) < 4.78 is 41.1. The summed E-state index contributed by atoms with van der Waals surface area (Å²) >= 11 is 0. The number of carbonyl (C=O) groups is 1. The molecule has 1 aromatic rings. The minimum absolute atomic E-state index is 0.158. The Balaban J connectivity index is 3.13. The van der Waals surface area contributed by atoms with E-state index in [0.717, 1.165) is 12.3 Å². The molecule has 0 bridgehead atoms. The predicted octanol–water partition coefficient (Wildman–Crippen LogP) is 2.95. The summed E-state index contributed by atoms with van der Waals surface area (Å²) in [4.78, 5) is 10.9. The largest absolute Gasteiger partial charge is 0.465 e. The first-order valence-corrected chi connectivity index (χ1v) is 3.95. The summed E-state index contributed by atoms with van der Waals surface area (Å²) in [5.74, 6) is -2.09. The molecule has 1 aromatic carbocycles. The molecule has 0 amide bonds. The second kappa shape index (κ2) is 4.16. The Kier molecular flexibility index (Phi) is 3.14. The number of halogens is 3. The Hall–Kier alpha value is -1.78. The molecule has 0 saturated carbocycles. The highest BCUT2D eigenvalue weighted by Crippen LogP contribution is 2.27. The third-order valence-electron chi connectivity index (χ3n) is 1.60. The van der Waals surface area contributed by atoms with Gasteiger partial charge in [-0.25, -0.2) is 0 Å². The number of para-hydroxylation sites is 1. The lowest BCUT2D eigenvalue weighted by atomic mass is 10.1. The molecule has 0 atom stereocenters. The van der Waals surface area contributed by atoms with Crippen molar-refractivity contribution in [2.24, 2.45) is 0 Å². The average molecular weight is 216 g/mol. The van der Waals surface area contributed by atoms with Crippen molar-refractivity contribution >= 4 is 5.78 Å². The van der Waals surface area contributed by atoms with Gasteiger partial charge in [-0.2, -0.15) is 13.2 Å². The Morgan fingerprint density at radius 3 is 2.47 bits per heavy atom. The van der Waals surface area contributed by atoms with Crippen LogP contribution in [0.1, 0.15) is 10.4 Å². The Bertz CT molecular complexity index is 382. The number of alkyl halides is 3. The van der Waals surface area contributed by atoms with Crippen LogP contribution in [0.15, 0.2) is 37.1 Å². The normalized spacial score (nSPS) is 10.9. The third-order valence-corrected chi connectivity index (χ3v) is 1.60. The zero-order chi connectivity index (χ0) is 11.5. The molecule has 5 heteroatoms. The summed E-state index contributed by atoms with van der Waals surface area (Å²) in [7, 11) is 0. The van der Waals surface area contributed by atoms with Gasteiger partial charge in [-0.15, -0.1) is 0 Å². The van der Waals surface area contributed by atoms with Crippen LogP contribution in [0, 0.1) is 0 Å². The fourth-order valence-corrected chi connectivity index (χ4v) is 0.999. The molecular weight excluding hydrogens is 209 g/mol. The molecule has 0 spiro atoms. The van der Waals surface area contributed by atoms with Crippen molar-refractivity contribution in [2.45, 2.75) is 6.18 Å². The maximum atomic E-state index is 12.1. The first-order chi connectivity index (χ1) is 6.96. The number of rotatable bonds is 3. The Labute approximate surface area is 84.0 Å². The van der Waals surface area contributed by atoms with Gasteiger partial charge in [0, 0.05) is 0 Å². The van der Waals surface area contributed by atoms with Gasteiger partial charge in [0.05, 0.1) is 11.8 Å². The van der Waals surface area contributed by atoms with Crippen molar-refractivity contribution in [1.82, 2.24) is 0 Å². The van der Waals surface area contributed by atoms with E-state index in [1.807, 2.05) is 0 Å². The lowest BCUT2D eigenvalue weighted by Gasteiger charge is -2.08. The molecule has 0 radical (unpaired) electrons. The minimum Gasteiger partial charge on any atom is -0.465 e. The van der Waals surface area contributed by atoms with Crippen LogP contribution in [-0.2, 0) is 0 Å². The fraction of sp³-hybridized carbons (Fsp3) is 0.100. The van der Waals surface area contributed by atoms with Crippen LogP contribution in [0.3, 0.4) is 0 Å². The van der Waals surface area contributed by atoms with E-state index in [-0.39, 0.29) is 5.75 Å². The second-order valence-corrected chi connectivity index (χ2v) is 2.61. The number of benzene rings is 1. The third kappa shape index (κ3) is 2.59. The van der Waals surface area contributed by atoms with Gasteiger partial charge in [-0.3, -0.25) is 4.79 Å². The van der Waals surface area contributed by atoms with Gasteiger partial charge >= 0.3 is 6.18 Å². The number of Topliss-reactive ketones (excluding diaryl/α,β-unsaturated/α-hetero) is 1. The first-order valence-electron chi connectivity index (χ1n) is 3.95. The maximum absolute atomic E-state index is 12.1. The van der Waals surface area contributed by atoms with E-state index in [1.54, 1.807) is 0 Å². The van der Waals surface area contributed by atoms with Gasteiger partial charge < -0.3 is 4.74 Å². The number of ketones is 1. The summed E-state index contributed by atoms with van der Waals surface area (Å²) in [6, 6.07) is 5.11. The van der Waals surface area contributed by atoms with Crippen molar-refractivity contribution in [3.8, 4) is 5.75 Å². The van der Waals surface area contributed by atoms with E-state index in [9.17, 15) is 18.0 Å². The molecule has 0 unspecified atom stereocenters. The van der Waals surface area contributed by atoms with Gasteiger partial charge in [0.15, 0.2) is 0 Å². The molecule has 0 aliphatic heterocycles. The highest BCUT2D eigenvalue weighted by atomic mass is 19.4. The van der Waals surface area contributed by atoms with E-state index < -0.39 is 17.5 Å². The van der Waals surface area contributed by atoms with Crippen LogP contribution in [0.25, 0.3) is 0 Å². The summed E-state index contributed by atoms with van der Waals surface area (Å²) in [6.45, 7) is 3.20. The molecular formula is C10H7F3O2.